The summed E-state index contributed by atoms with van der Waals surface area (Å²) < 4.78 is 7.25. The molecule has 6 nitrogen and oxygen atoms in total. The van der Waals surface area contributed by atoms with Crippen LogP contribution >= 0.6 is 11.3 Å². The molecule has 140 valence electrons. The van der Waals surface area contributed by atoms with Crippen molar-refractivity contribution in [3.05, 3.63) is 76.9 Å². The lowest BCUT2D eigenvalue weighted by Crippen LogP contribution is -2.25. The highest BCUT2D eigenvalue weighted by atomic mass is 32.1. The fourth-order valence-electron chi connectivity index (χ4n) is 2.77. The third-order valence-corrected chi connectivity index (χ3v) is 4.92. The Morgan fingerprint density at radius 2 is 2.11 bits per heavy atom. The first-order valence-corrected chi connectivity index (χ1v) is 9.61. The van der Waals surface area contributed by atoms with E-state index in [1.54, 1.807) is 17.0 Å². The van der Waals surface area contributed by atoms with Crippen LogP contribution in [-0.2, 0) is 4.79 Å². The van der Waals surface area contributed by atoms with Crippen molar-refractivity contribution in [2.75, 3.05) is 18.5 Å². The van der Waals surface area contributed by atoms with E-state index in [0.717, 1.165) is 21.6 Å². The zero-order chi connectivity index (χ0) is 19.3. The van der Waals surface area contributed by atoms with Gasteiger partial charge in [-0.2, -0.15) is 5.10 Å². The van der Waals surface area contributed by atoms with Gasteiger partial charge in [-0.25, -0.2) is 4.68 Å². The number of hydrogen-bond acceptors (Lipinski definition) is 5. The minimum atomic E-state index is -0.161. The van der Waals surface area contributed by atoms with Crippen LogP contribution in [0.2, 0.25) is 0 Å². The van der Waals surface area contributed by atoms with Gasteiger partial charge in [-0.3, -0.25) is 9.79 Å². The van der Waals surface area contributed by atoms with E-state index in [2.05, 4.69) is 22.0 Å². The van der Waals surface area contributed by atoms with Crippen LogP contribution < -0.4 is 14.9 Å². The summed E-state index contributed by atoms with van der Waals surface area (Å²) in [6, 6.07) is 15.6. The molecule has 2 heterocycles. The highest BCUT2D eigenvalue weighted by Gasteiger charge is 2.17. The van der Waals surface area contributed by atoms with Gasteiger partial charge in [0, 0.05) is 10.9 Å². The number of anilines is 1. The predicted molar refractivity (Wildman–Crippen MR) is 112 cm³/mol. The van der Waals surface area contributed by atoms with Crippen molar-refractivity contribution in [3.63, 3.8) is 0 Å². The average molecular weight is 390 g/mol. The van der Waals surface area contributed by atoms with Crippen LogP contribution in [0.3, 0.4) is 0 Å². The first-order valence-electron chi connectivity index (χ1n) is 8.73. The van der Waals surface area contributed by atoms with Crippen molar-refractivity contribution in [3.8, 4) is 17.0 Å². The molecule has 1 N–H and O–H groups in total. The molecule has 1 aromatic heterocycles. The van der Waals surface area contributed by atoms with Crippen LogP contribution in [0.5, 0.6) is 5.75 Å². The van der Waals surface area contributed by atoms with Crippen molar-refractivity contribution in [1.82, 2.24) is 4.68 Å². The van der Waals surface area contributed by atoms with Crippen molar-refractivity contribution in [1.29, 1.82) is 0 Å². The summed E-state index contributed by atoms with van der Waals surface area (Å²) in [7, 11) is 0. The second kappa shape index (κ2) is 8.06. The quantitative estimate of drug-likeness (QED) is 0.535. The third kappa shape index (κ3) is 3.79. The van der Waals surface area contributed by atoms with Gasteiger partial charge in [-0.15, -0.1) is 17.9 Å². The van der Waals surface area contributed by atoms with Gasteiger partial charge >= 0.3 is 0 Å². The molecule has 4 rings (SSSR count). The van der Waals surface area contributed by atoms with E-state index >= 15 is 0 Å². The van der Waals surface area contributed by atoms with E-state index in [1.165, 1.54) is 11.3 Å². The lowest BCUT2D eigenvalue weighted by atomic mass is 10.1. The lowest BCUT2D eigenvalue weighted by Gasteiger charge is -2.18. The van der Waals surface area contributed by atoms with Gasteiger partial charge in [-0.05, 0) is 23.8 Å². The highest BCUT2D eigenvalue weighted by molar-refractivity contribution is 7.07. The number of aromatic nitrogens is 1. The average Bonchev–Trinajstić information content (AvgIpc) is 3.13. The molecule has 0 spiro atoms. The molecule has 0 fully saturated rings. The van der Waals surface area contributed by atoms with Gasteiger partial charge < -0.3 is 10.1 Å². The Bertz CT molecular complexity index is 1110. The van der Waals surface area contributed by atoms with Crippen LogP contribution in [0.1, 0.15) is 5.56 Å². The topological polar surface area (TPSA) is 68.0 Å². The summed E-state index contributed by atoms with van der Waals surface area (Å²) in [4.78, 5) is 16.9. The Morgan fingerprint density at radius 3 is 2.93 bits per heavy atom. The van der Waals surface area contributed by atoms with Crippen LogP contribution in [-0.4, -0.2) is 29.9 Å². The molecule has 0 radical (unpaired) electrons. The van der Waals surface area contributed by atoms with E-state index < -0.39 is 0 Å². The molecule has 7 heteroatoms. The second-order valence-corrected chi connectivity index (χ2v) is 6.88. The summed E-state index contributed by atoms with van der Waals surface area (Å²) in [5, 5.41) is 9.49. The van der Waals surface area contributed by atoms with Crippen molar-refractivity contribution < 1.29 is 9.53 Å². The van der Waals surface area contributed by atoms with Crippen LogP contribution in [0, 0.1) is 0 Å². The molecule has 1 amide bonds. The first kappa shape index (κ1) is 17.9. The number of thiazole rings is 1. The summed E-state index contributed by atoms with van der Waals surface area (Å²) in [5.74, 6) is 0.501. The molecule has 3 aromatic rings. The molecule has 0 bridgehead atoms. The minimum Gasteiger partial charge on any atom is -0.482 e. The molecular formula is C21H18N4O2S. The van der Waals surface area contributed by atoms with Gasteiger partial charge in [0.05, 0.1) is 24.1 Å². The number of hydrogen-bond donors (Lipinski definition) is 1. The summed E-state index contributed by atoms with van der Waals surface area (Å²) in [6.45, 7) is 4.28. The Kier molecular flexibility index (Phi) is 5.16. The predicted octanol–water partition coefficient (Wildman–Crippen LogP) is 3.52. The molecular weight excluding hydrogens is 372 g/mol. The van der Waals surface area contributed by atoms with E-state index in [4.69, 9.17) is 4.74 Å². The number of carbonyl (C=O) groups is 1. The van der Waals surface area contributed by atoms with Gasteiger partial charge in [0.1, 0.15) is 5.75 Å². The Hall–Kier alpha value is -3.45. The number of amides is 1. The molecule has 0 atom stereocenters. The largest absolute Gasteiger partial charge is 0.482 e. The molecule has 28 heavy (non-hydrogen) atoms. The fourth-order valence-corrected chi connectivity index (χ4v) is 3.61. The van der Waals surface area contributed by atoms with E-state index in [-0.39, 0.29) is 12.5 Å². The zero-order valence-electron chi connectivity index (χ0n) is 15.0. The SMILES string of the molecule is C=CCN=c1scc(-c2ccc3c(c2)NC(=O)CO3)n1N=Cc1ccccc1. The van der Waals surface area contributed by atoms with Gasteiger partial charge in [0.2, 0.25) is 4.80 Å². The number of nitrogens with one attached hydrogen (secondary N) is 1. The molecule has 0 unspecified atom stereocenters. The highest BCUT2D eigenvalue weighted by Crippen LogP contribution is 2.32. The smallest absolute Gasteiger partial charge is 0.262 e. The normalized spacial score (nSPS) is 13.9. The number of ether oxygens (including phenoxy) is 1. The van der Waals surface area contributed by atoms with Crippen molar-refractivity contribution >= 4 is 29.1 Å². The molecule has 0 saturated carbocycles. The standard InChI is InChI=1S/C21H18N4O2S/c1-2-10-22-21-25(23-12-15-6-4-3-5-7-15)18(14-28-21)16-8-9-19-17(11-16)24-20(26)13-27-19/h2-9,11-12,14H,1,10,13H2,(H,24,26). The van der Waals surface area contributed by atoms with E-state index in [0.29, 0.717) is 18.0 Å². The minimum absolute atomic E-state index is 0.0384. The number of nitrogens with zero attached hydrogens (tertiary/aromatic N) is 3. The molecule has 1 aliphatic heterocycles. The lowest BCUT2D eigenvalue weighted by molar-refractivity contribution is -0.118. The van der Waals surface area contributed by atoms with Crippen molar-refractivity contribution in [2.24, 2.45) is 10.1 Å². The summed E-state index contributed by atoms with van der Waals surface area (Å²) in [6.07, 6.45) is 3.54. The van der Waals surface area contributed by atoms with Crippen LogP contribution in [0.15, 0.2) is 76.7 Å². The van der Waals surface area contributed by atoms with Crippen LogP contribution in [0.4, 0.5) is 5.69 Å². The molecule has 2 aromatic carbocycles. The zero-order valence-corrected chi connectivity index (χ0v) is 15.9. The number of fused-ring (bicyclic) bond motifs is 1. The van der Waals surface area contributed by atoms with E-state index in [9.17, 15) is 4.79 Å². The fraction of sp³-hybridized carbons (Fsp3) is 0.0952. The maximum Gasteiger partial charge on any atom is 0.262 e. The molecule has 0 saturated heterocycles. The Labute approximate surface area is 166 Å². The number of carbonyl (C=O) groups excluding carboxylic acids is 1. The summed E-state index contributed by atoms with van der Waals surface area (Å²) in [5.41, 5.74) is 3.43. The Balaban J connectivity index is 1.78. The maximum atomic E-state index is 11.6. The monoisotopic (exact) mass is 390 g/mol. The first-order chi connectivity index (χ1) is 13.7. The third-order valence-electron chi connectivity index (χ3n) is 4.07. The molecule has 1 aliphatic rings. The second-order valence-electron chi connectivity index (χ2n) is 6.05. The summed E-state index contributed by atoms with van der Waals surface area (Å²) >= 11 is 1.50. The van der Waals surface area contributed by atoms with Crippen molar-refractivity contribution in [2.45, 2.75) is 0 Å². The van der Waals surface area contributed by atoms with E-state index in [1.807, 2.05) is 53.9 Å². The van der Waals surface area contributed by atoms with Crippen LogP contribution in [0.25, 0.3) is 11.3 Å². The molecule has 0 aliphatic carbocycles. The van der Waals surface area contributed by atoms with Gasteiger partial charge in [0.15, 0.2) is 6.61 Å². The maximum absolute atomic E-state index is 11.6. The number of rotatable bonds is 5. The number of benzene rings is 2. The van der Waals surface area contributed by atoms with Gasteiger partial charge in [-0.1, -0.05) is 36.4 Å². The Morgan fingerprint density at radius 1 is 1.25 bits per heavy atom. The van der Waals surface area contributed by atoms with Gasteiger partial charge in [0.25, 0.3) is 5.91 Å².